The second-order valence-electron chi connectivity index (χ2n) is 4.61. The number of ether oxygens (including phenoxy) is 1. The van der Waals surface area contributed by atoms with Crippen LogP contribution in [-0.2, 0) is 0 Å². The van der Waals surface area contributed by atoms with E-state index in [0.717, 1.165) is 0 Å². The van der Waals surface area contributed by atoms with Crippen LogP contribution >= 0.6 is 11.6 Å². The first kappa shape index (κ1) is 10.8. The van der Waals surface area contributed by atoms with Crippen molar-refractivity contribution in [1.29, 1.82) is 0 Å². The Labute approximate surface area is 94.8 Å². The van der Waals surface area contributed by atoms with E-state index in [1.54, 1.807) is 6.07 Å². The van der Waals surface area contributed by atoms with E-state index in [2.05, 4.69) is 0 Å². The molecule has 82 valence electrons. The molecule has 2 unspecified atom stereocenters. The molecule has 1 saturated carbocycles. The zero-order chi connectivity index (χ0) is 11.1. The number of aliphatic hydroxyl groups excluding tert-OH is 1. The molecule has 1 aromatic carbocycles. The molecule has 0 spiro atoms. The summed E-state index contributed by atoms with van der Waals surface area (Å²) in [7, 11) is 0. The van der Waals surface area contributed by atoms with Crippen LogP contribution in [0.15, 0.2) is 24.3 Å². The third-order valence-electron chi connectivity index (χ3n) is 3.23. The number of rotatable bonds is 2. The van der Waals surface area contributed by atoms with Crippen LogP contribution in [0.5, 0.6) is 5.75 Å². The minimum Gasteiger partial charge on any atom is -0.488 e. The fourth-order valence-corrected chi connectivity index (χ4v) is 1.94. The third-order valence-corrected chi connectivity index (χ3v) is 3.54. The monoisotopic (exact) mass is 226 g/mol. The summed E-state index contributed by atoms with van der Waals surface area (Å²) in [4.78, 5) is 0. The van der Waals surface area contributed by atoms with Crippen LogP contribution in [-0.4, -0.2) is 17.3 Å². The van der Waals surface area contributed by atoms with Gasteiger partial charge in [-0.05, 0) is 12.1 Å². The van der Waals surface area contributed by atoms with Gasteiger partial charge in [0.25, 0.3) is 0 Å². The molecule has 15 heavy (non-hydrogen) atoms. The summed E-state index contributed by atoms with van der Waals surface area (Å²) >= 11 is 5.99. The van der Waals surface area contributed by atoms with Crippen molar-refractivity contribution in [3.8, 4) is 5.75 Å². The number of hydrogen-bond acceptors (Lipinski definition) is 2. The smallest absolute Gasteiger partial charge is 0.138 e. The molecule has 0 aliphatic heterocycles. The van der Waals surface area contributed by atoms with Crippen molar-refractivity contribution in [2.75, 3.05) is 0 Å². The Balaban J connectivity index is 2.08. The number of benzene rings is 1. The number of halogens is 1. The lowest BCUT2D eigenvalue weighted by Crippen LogP contribution is -2.56. The highest BCUT2D eigenvalue weighted by Crippen LogP contribution is 2.43. The van der Waals surface area contributed by atoms with Crippen LogP contribution in [0.3, 0.4) is 0 Å². The molecule has 2 nitrogen and oxygen atoms in total. The van der Waals surface area contributed by atoms with Crippen LogP contribution in [0, 0.1) is 5.41 Å². The van der Waals surface area contributed by atoms with Gasteiger partial charge in [-0.3, -0.25) is 0 Å². The van der Waals surface area contributed by atoms with Gasteiger partial charge in [0.05, 0.1) is 11.1 Å². The maximum absolute atomic E-state index is 9.58. The second-order valence-corrected chi connectivity index (χ2v) is 5.02. The molecule has 0 saturated heterocycles. The topological polar surface area (TPSA) is 29.5 Å². The lowest BCUT2D eigenvalue weighted by atomic mass is 9.66. The van der Waals surface area contributed by atoms with Gasteiger partial charge in [0.1, 0.15) is 11.9 Å². The number of aliphatic hydroxyl groups is 1. The first-order chi connectivity index (χ1) is 7.01. The SMILES string of the molecule is CC1(C)C(O)CC1Oc1ccccc1Cl. The van der Waals surface area contributed by atoms with E-state index in [-0.39, 0.29) is 17.6 Å². The molecular weight excluding hydrogens is 212 g/mol. The van der Waals surface area contributed by atoms with Crippen molar-refractivity contribution in [1.82, 2.24) is 0 Å². The zero-order valence-corrected chi connectivity index (χ0v) is 9.66. The van der Waals surface area contributed by atoms with E-state index in [9.17, 15) is 5.11 Å². The molecule has 2 rings (SSSR count). The Bertz CT molecular complexity index is 362. The van der Waals surface area contributed by atoms with Gasteiger partial charge in [0, 0.05) is 11.8 Å². The fourth-order valence-electron chi connectivity index (χ4n) is 1.76. The Morgan fingerprint density at radius 1 is 1.40 bits per heavy atom. The van der Waals surface area contributed by atoms with Gasteiger partial charge in [-0.15, -0.1) is 0 Å². The van der Waals surface area contributed by atoms with Crippen LogP contribution in [0.25, 0.3) is 0 Å². The predicted molar refractivity (Wildman–Crippen MR) is 60.3 cm³/mol. The first-order valence-corrected chi connectivity index (χ1v) is 5.49. The van der Waals surface area contributed by atoms with E-state index in [0.29, 0.717) is 17.2 Å². The first-order valence-electron chi connectivity index (χ1n) is 5.11. The maximum Gasteiger partial charge on any atom is 0.138 e. The van der Waals surface area contributed by atoms with E-state index in [4.69, 9.17) is 16.3 Å². The summed E-state index contributed by atoms with van der Waals surface area (Å²) in [6.45, 7) is 4.01. The Hall–Kier alpha value is -0.730. The molecule has 0 aromatic heterocycles. The molecule has 1 aliphatic carbocycles. The molecule has 1 fully saturated rings. The average Bonchev–Trinajstić information content (AvgIpc) is 2.20. The summed E-state index contributed by atoms with van der Waals surface area (Å²) in [5, 5.41) is 10.2. The van der Waals surface area contributed by atoms with Gasteiger partial charge in [0.15, 0.2) is 0 Å². The van der Waals surface area contributed by atoms with Gasteiger partial charge in [-0.25, -0.2) is 0 Å². The standard InChI is InChI=1S/C12H15ClO2/c1-12(2)10(14)7-11(12)15-9-6-4-3-5-8(9)13/h3-6,10-11,14H,7H2,1-2H3. The van der Waals surface area contributed by atoms with Crippen LogP contribution < -0.4 is 4.74 Å². The second kappa shape index (κ2) is 3.69. The zero-order valence-electron chi connectivity index (χ0n) is 8.90. The molecule has 0 radical (unpaired) electrons. The van der Waals surface area contributed by atoms with Crippen molar-refractivity contribution in [2.24, 2.45) is 5.41 Å². The Morgan fingerprint density at radius 2 is 2.07 bits per heavy atom. The maximum atomic E-state index is 9.58. The van der Waals surface area contributed by atoms with E-state index >= 15 is 0 Å². The van der Waals surface area contributed by atoms with E-state index < -0.39 is 0 Å². The normalized spacial score (nSPS) is 28.3. The van der Waals surface area contributed by atoms with Crippen molar-refractivity contribution < 1.29 is 9.84 Å². The Morgan fingerprint density at radius 3 is 2.60 bits per heavy atom. The quantitative estimate of drug-likeness (QED) is 0.841. The number of para-hydroxylation sites is 1. The van der Waals surface area contributed by atoms with Gasteiger partial charge in [-0.2, -0.15) is 0 Å². The summed E-state index contributed by atoms with van der Waals surface area (Å²) < 4.78 is 5.77. The molecule has 3 heteroatoms. The largest absolute Gasteiger partial charge is 0.488 e. The van der Waals surface area contributed by atoms with Crippen LogP contribution in [0.1, 0.15) is 20.3 Å². The highest BCUT2D eigenvalue weighted by molar-refractivity contribution is 6.32. The lowest BCUT2D eigenvalue weighted by molar-refractivity contribution is -0.134. The van der Waals surface area contributed by atoms with Gasteiger partial charge in [0.2, 0.25) is 0 Å². The molecule has 1 aromatic rings. The molecular formula is C12H15ClO2. The van der Waals surface area contributed by atoms with Gasteiger partial charge < -0.3 is 9.84 Å². The number of hydrogen-bond donors (Lipinski definition) is 1. The van der Waals surface area contributed by atoms with Gasteiger partial charge in [-0.1, -0.05) is 37.6 Å². The van der Waals surface area contributed by atoms with Crippen molar-refractivity contribution in [3.63, 3.8) is 0 Å². The summed E-state index contributed by atoms with van der Waals surface area (Å²) in [5.74, 6) is 0.698. The predicted octanol–water partition coefficient (Wildman–Crippen LogP) is 2.88. The fraction of sp³-hybridized carbons (Fsp3) is 0.500. The minimum absolute atomic E-state index is 0.0485. The summed E-state index contributed by atoms with van der Waals surface area (Å²) in [6.07, 6.45) is 0.454. The van der Waals surface area contributed by atoms with Crippen LogP contribution in [0.2, 0.25) is 5.02 Å². The summed E-state index contributed by atoms with van der Waals surface area (Å²) in [5.41, 5.74) is -0.181. The van der Waals surface area contributed by atoms with Gasteiger partial charge >= 0.3 is 0 Å². The van der Waals surface area contributed by atoms with Crippen LogP contribution in [0.4, 0.5) is 0 Å². The molecule has 2 atom stereocenters. The molecule has 0 bridgehead atoms. The molecule has 1 N–H and O–H groups in total. The van der Waals surface area contributed by atoms with Crippen molar-refractivity contribution >= 4 is 11.6 Å². The van der Waals surface area contributed by atoms with E-state index in [1.165, 1.54) is 0 Å². The third kappa shape index (κ3) is 1.84. The minimum atomic E-state index is -0.273. The van der Waals surface area contributed by atoms with E-state index in [1.807, 2.05) is 32.0 Å². The van der Waals surface area contributed by atoms with Crippen molar-refractivity contribution in [3.05, 3.63) is 29.3 Å². The molecule has 0 heterocycles. The average molecular weight is 227 g/mol. The van der Waals surface area contributed by atoms with Crippen molar-refractivity contribution in [2.45, 2.75) is 32.5 Å². The summed E-state index contributed by atoms with van der Waals surface area (Å²) in [6, 6.07) is 7.42. The molecule has 0 amide bonds. The Kier molecular flexibility index (Phi) is 2.65. The highest BCUT2D eigenvalue weighted by Gasteiger charge is 2.49. The lowest BCUT2D eigenvalue weighted by Gasteiger charge is -2.48. The molecule has 1 aliphatic rings. The highest BCUT2D eigenvalue weighted by atomic mass is 35.5.